The van der Waals surface area contributed by atoms with Gasteiger partial charge in [-0.3, -0.25) is 4.79 Å². The molecule has 1 aromatic carbocycles. The van der Waals surface area contributed by atoms with Gasteiger partial charge in [0.05, 0.1) is 12.7 Å². The van der Waals surface area contributed by atoms with Crippen LogP contribution in [0.2, 0.25) is 0 Å². The lowest BCUT2D eigenvalue weighted by molar-refractivity contribution is -0.135. The molecule has 0 bridgehead atoms. The van der Waals surface area contributed by atoms with Gasteiger partial charge < -0.3 is 10.1 Å². The van der Waals surface area contributed by atoms with Crippen molar-refractivity contribution < 1.29 is 14.3 Å². The van der Waals surface area contributed by atoms with E-state index >= 15 is 0 Å². The highest BCUT2D eigenvalue weighted by atomic mass is 35.5. The molecule has 0 radical (unpaired) electrons. The highest BCUT2D eigenvalue weighted by molar-refractivity contribution is 6.30. The van der Waals surface area contributed by atoms with Gasteiger partial charge in [-0.25, -0.2) is 4.79 Å². The van der Waals surface area contributed by atoms with Crippen LogP contribution >= 0.6 is 11.6 Å². The molecule has 110 valence electrons. The third kappa shape index (κ3) is 3.95. The number of carbonyl (C=O) groups is 2. The average molecular weight is 306 g/mol. The first-order valence-electron chi connectivity index (χ1n) is 6.65. The van der Waals surface area contributed by atoms with Gasteiger partial charge in [0, 0.05) is 16.3 Å². The van der Waals surface area contributed by atoms with Crippen molar-refractivity contribution in [1.29, 1.82) is 0 Å². The van der Waals surface area contributed by atoms with Crippen LogP contribution in [0.25, 0.3) is 0 Å². The van der Waals surface area contributed by atoms with Crippen molar-refractivity contribution in [2.24, 2.45) is 0 Å². The summed E-state index contributed by atoms with van der Waals surface area (Å²) in [6, 6.07) is 8.84. The number of halogens is 1. The minimum Gasteiger partial charge on any atom is -0.465 e. The monoisotopic (exact) mass is 305 g/mol. The molecule has 0 saturated carbocycles. The van der Waals surface area contributed by atoms with Gasteiger partial charge >= 0.3 is 5.97 Å². The second-order valence-corrected chi connectivity index (χ2v) is 5.13. The Labute approximate surface area is 128 Å². The molecule has 1 aromatic rings. The Kier molecular flexibility index (Phi) is 5.17. The summed E-state index contributed by atoms with van der Waals surface area (Å²) in [5.74, 6) is -0.753. The summed E-state index contributed by atoms with van der Waals surface area (Å²) in [5, 5.41) is 3.38. The first-order valence-corrected chi connectivity index (χ1v) is 7.03. The Morgan fingerprint density at radius 1 is 1.19 bits per heavy atom. The van der Waals surface area contributed by atoms with E-state index in [1.54, 1.807) is 30.3 Å². The number of hydrogen-bond acceptors (Lipinski definition) is 3. The number of methoxy groups -OCH3 is 1. The lowest BCUT2D eigenvalue weighted by Crippen LogP contribution is -2.25. The molecule has 0 aromatic heterocycles. The smallest absolute Gasteiger partial charge is 0.339 e. The Hall–Kier alpha value is -2.07. The maximum atomic E-state index is 12.2. The summed E-state index contributed by atoms with van der Waals surface area (Å²) in [7, 11) is 1.30. The van der Waals surface area contributed by atoms with Crippen LogP contribution in [0.1, 0.15) is 29.6 Å². The van der Waals surface area contributed by atoms with Gasteiger partial charge in [-0.05, 0) is 37.5 Å². The lowest BCUT2D eigenvalue weighted by Gasteiger charge is -2.11. The van der Waals surface area contributed by atoms with Gasteiger partial charge in [0.25, 0.3) is 5.91 Å². The van der Waals surface area contributed by atoms with E-state index in [4.69, 9.17) is 16.3 Å². The van der Waals surface area contributed by atoms with Crippen molar-refractivity contribution in [3.63, 3.8) is 0 Å². The molecule has 5 heteroatoms. The number of allylic oxidation sites excluding steroid dienone is 2. The van der Waals surface area contributed by atoms with E-state index in [0.29, 0.717) is 34.7 Å². The predicted octanol–water partition coefficient (Wildman–Crippen LogP) is 3.15. The van der Waals surface area contributed by atoms with Crippen molar-refractivity contribution in [3.05, 3.63) is 58.3 Å². The van der Waals surface area contributed by atoms with E-state index in [-0.39, 0.29) is 5.91 Å². The van der Waals surface area contributed by atoms with Crippen LogP contribution in [0.15, 0.2) is 52.7 Å². The first-order chi connectivity index (χ1) is 10.1. The molecule has 0 atom stereocenters. The van der Waals surface area contributed by atoms with Crippen LogP contribution in [-0.2, 0) is 9.53 Å². The summed E-state index contributed by atoms with van der Waals surface area (Å²) >= 11 is 6.04. The summed E-state index contributed by atoms with van der Waals surface area (Å²) in [4.78, 5) is 24.1. The second-order valence-electron chi connectivity index (χ2n) is 4.65. The number of ether oxygens (including phenoxy) is 1. The van der Waals surface area contributed by atoms with Crippen LogP contribution in [-0.4, -0.2) is 19.0 Å². The van der Waals surface area contributed by atoms with Crippen LogP contribution in [0.4, 0.5) is 0 Å². The number of benzene rings is 1. The number of hydrogen-bond donors (Lipinski definition) is 1. The zero-order valence-corrected chi connectivity index (χ0v) is 12.4. The van der Waals surface area contributed by atoms with Gasteiger partial charge in [-0.1, -0.05) is 29.8 Å². The van der Waals surface area contributed by atoms with Crippen molar-refractivity contribution in [1.82, 2.24) is 5.32 Å². The van der Waals surface area contributed by atoms with Gasteiger partial charge in [0.2, 0.25) is 0 Å². The fraction of sp³-hybridized carbons (Fsp3) is 0.250. The number of carbonyl (C=O) groups excluding carboxylic acids is 2. The Bertz CT molecular complexity index is 605. The number of esters is 1. The average Bonchev–Trinajstić information content (AvgIpc) is 2.69. The molecule has 1 N–H and O–H groups in total. The Morgan fingerprint density at radius 3 is 2.57 bits per heavy atom. The van der Waals surface area contributed by atoms with Crippen molar-refractivity contribution in [3.8, 4) is 0 Å². The van der Waals surface area contributed by atoms with E-state index in [0.717, 1.165) is 6.42 Å². The fourth-order valence-electron chi connectivity index (χ4n) is 2.11. The van der Waals surface area contributed by atoms with E-state index in [9.17, 15) is 9.59 Å². The second kappa shape index (κ2) is 7.09. The molecule has 2 rings (SSSR count). The Morgan fingerprint density at radius 2 is 1.90 bits per heavy atom. The summed E-state index contributed by atoms with van der Waals surface area (Å²) < 4.78 is 4.76. The minimum absolute atomic E-state index is 0.251. The van der Waals surface area contributed by atoms with Crippen molar-refractivity contribution in [2.75, 3.05) is 7.11 Å². The van der Waals surface area contributed by atoms with Crippen molar-refractivity contribution >= 4 is 23.5 Å². The lowest BCUT2D eigenvalue weighted by atomic mass is 10.1. The molecule has 0 unspecified atom stereocenters. The topological polar surface area (TPSA) is 55.4 Å². The zero-order chi connectivity index (χ0) is 15.2. The highest BCUT2D eigenvalue weighted by Gasteiger charge is 2.19. The molecule has 1 aliphatic rings. The number of nitrogens with one attached hydrogen (secondary N) is 1. The van der Waals surface area contributed by atoms with Gasteiger partial charge in [0.1, 0.15) is 0 Å². The normalized spacial score (nSPS) is 15.0. The highest BCUT2D eigenvalue weighted by Crippen LogP contribution is 2.24. The van der Waals surface area contributed by atoms with Crippen molar-refractivity contribution in [2.45, 2.75) is 19.3 Å². The molecule has 1 aliphatic carbocycles. The quantitative estimate of drug-likeness (QED) is 0.873. The van der Waals surface area contributed by atoms with E-state index in [1.165, 1.54) is 7.11 Å². The molecule has 0 aliphatic heterocycles. The summed E-state index contributed by atoms with van der Waals surface area (Å²) in [6.07, 6.45) is 3.57. The largest absolute Gasteiger partial charge is 0.465 e. The Balaban J connectivity index is 2.29. The standard InChI is InChI=1S/C16H16ClNO3/c1-21-16(20)13-10-12(17)8-5-9-14(13)18-15(19)11-6-3-2-4-7-11/h2-4,6-7,10H,5,8-9H2,1H3,(H,18,19). The van der Waals surface area contributed by atoms with Gasteiger partial charge in [-0.15, -0.1) is 0 Å². The molecular weight excluding hydrogens is 290 g/mol. The maximum Gasteiger partial charge on any atom is 0.339 e. The molecular formula is C16H16ClNO3. The van der Waals surface area contributed by atoms with E-state index in [2.05, 4.69) is 5.32 Å². The fourth-order valence-corrected chi connectivity index (χ4v) is 2.35. The van der Waals surface area contributed by atoms with E-state index < -0.39 is 5.97 Å². The zero-order valence-electron chi connectivity index (χ0n) is 11.7. The number of amides is 1. The molecule has 0 spiro atoms. The molecule has 0 saturated heterocycles. The summed E-state index contributed by atoms with van der Waals surface area (Å²) in [6.45, 7) is 0. The minimum atomic E-state index is -0.501. The maximum absolute atomic E-state index is 12.2. The van der Waals surface area contributed by atoms with Crippen LogP contribution in [0.3, 0.4) is 0 Å². The van der Waals surface area contributed by atoms with Crippen LogP contribution in [0, 0.1) is 0 Å². The van der Waals surface area contributed by atoms with E-state index in [1.807, 2.05) is 6.07 Å². The van der Waals surface area contributed by atoms with Gasteiger partial charge in [0.15, 0.2) is 0 Å². The third-order valence-corrected chi connectivity index (χ3v) is 3.47. The molecule has 0 heterocycles. The molecule has 0 fully saturated rings. The SMILES string of the molecule is COC(=O)C1=C(NC(=O)c2ccccc2)CCCC(Cl)=C1. The first kappa shape index (κ1) is 15.3. The van der Waals surface area contributed by atoms with Crippen LogP contribution < -0.4 is 5.32 Å². The molecule has 21 heavy (non-hydrogen) atoms. The molecule has 1 amide bonds. The predicted molar refractivity (Wildman–Crippen MR) is 80.7 cm³/mol. The number of rotatable bonds is 3. The third-order valence-electron chi connectivity index (χ3n) is 3.17. The summed E-state index contributed by atoms with van der Waals surface area (Å²) in [5.41, 5.74) is 1.39. The molecule has 4 nitrogen and oxygen atoms in total. The van der Waals surface area contributed by atoms with Gasteiger partial charge in [-0.2, -0.15) is 0 Å². The van der Waals surface area contributed by atoms with Crippen LogP contribution in [0.5, 0.6) is 0 Å².